The van der Waals surface area contributed by atoms with Crippen molar-refractivity contribution in [3.8, 4) is 5.75 Å². The molecule has 0 N–H and O–H groups in total. The Morgan fingerprint density at radius 2 is 1.55 bits per heavy atom. The Morgan fingerprint density at radius 1 is 0.828 bits per heavy atom. The van der Waals surface area contributed by atoms with E-state index in [9.17, 15) is 0 Å². The lowest BCUT2D eigenvalue weighted by atomic mass is 9.76. The van der Waals surface area contributed by atoms with Gasteiger partial charge in [0.25, 0.3) is 0 Å². The van der Waals surface area contributed by atoms with Crippen LogP contribution in [0.2, 0.25) is 0 Å². The summed E-state index contributed by atoms with van der Waals surface area (Å²) in [6, 6.07) is 24.2. The molecule has 1 unspecified atom stereocenters. The fraction of sp³-hybridized carbons (Fsp3) is 0.200. The van der Waals surface area contributed by atoms with E-state index in [1.807, 2.05) is 48.5 Å². The van der Waals surface area contributed by atoms with Crippen LogP contribution in [0.3, 0.4) is 0 Å². The van der Waals surface area contributed by atoms with Crippen LogP contribution in [0, 0.1) is 0 Å². The van der Waals surface area contributed by atoms with Crippen molar-refractivity contribution < 1.29 is 4.74 Å². The summed E-state index contributed by atoms with van der Waals surface area (Å²) in [5, 5.41) is 8.69. The minimum Gasteiger partial charge on any atom is -0.463 e. The zero-order valence-corrected chi connectivity index (χ0v) is 16.8. The van der Waals surface area contributed by atoms with Crippen molar-refractivity contribution in [2.45, 2.75) is 25.0 Å². The molecule has 0 saturated carbocycles. The van der Waals surface area contributed by atoms with Crippen molar-refractivity contribution in [3.05, 3.63) is 90.0 Å². The Balaban J connectivity index is 1.49. The summed E-state index contributed by atoms with van der Waals surface area (Å²) >= 11 is 0. The average Bonchev–Trinajstić information content (AvgIpc) is 2.92. The number of likely N-dealkylation sites (N-methyl/N-ethyl adjacent to an activating group) is 1. The first kappa shape index (κ1) is 17.7. The molecule has 0 radical (unpaired) electrons. The molecule has 0 aromatic heterocycles. The molecule has 29 heavy (non-hydrogen) atoms. The summed E-state index contributed by atoms with van der Waals surface area (Å²) in [5.41, 5.74) is 4.40. The number of hydrogen-bond donors (Lipinski definition) is 0. The molecule has 0 fully saturated rings. The molecule has 3 aromatic carbocycles. The Labute approximate surface area is 171 Å². The van der Waals surface area contributed by atoms with Gasteiger partial charge >= 0.3 is 0 Å². The summed E-state index contributed by atoms with van der Waals surface area (Å²) in [5.74, 6) is 0.860. The van der Waals surface area contributed by atoms with Crippen LogP contribution in [0.5, 0.6) is 5.75 Å². The standard InChI is InChI=1S/C25H23N3O/c1-24(2)21-11-7-8-12-22(21)28(3)25(24)16-15-18-17-20(13-14-23(18)29-25)27-26-19-9-5-4-6-10-19/h4-17H,1-3H3/b27-26+. The van der Waals surface area contributed by atoms with Crippen LogP contribution in [-0.2, 0) is 5.41 Å². The van der Waals surface area contributed by atoms with E-state index in [0.717, 1.165) is 22.7 Å². The lowest BCUT2D eigenvalue weighted by Crippen LogP contribution is -2.58. The van der Waals surface area contributed by atoms with Gasteiger partial charge in [0.2, 0.25) is 5.72 Å². The van der Waals surface area contributed by atoms with Gasteiger partial charge in [-0.2, -0.15) is 10.2 Å². The average molecular weight is 381 g/mol. The van der Waals surface area contributed by atoms with E-state index in [-0.39, 0.29) is 5.41 Å². The van der Waals surface area contributed by atoms with Gasteiger partial charge in [0, 0.05) is 18.3 Å². The van der Waals surface area contributed by atoms with Gasteiger partial charge in [0.05, 0.1) is 16.8 Å². The van der Waals surface area contributed by atoms with E-state index in [1.54, 1.807) is 0 Å². The minimum atomic E-state index is -0.559. The third-order valence-corrected chi connectivity index (χ3v) is 6.12. The van der Waals surface area contributed by atoms with Crippen LogP contribution in [0.1, 0.15) is 25.0 Å². The van der Waals surface area contributed by atoms with Crippen LogP contribution < -0.4 is 9.64 Å². The normalized spacial score (nSPS) is 21.3. The zero-order chi connectivity index (χ0) is 20.1. The molecule has 3 aromatic rings. The Morgan fingerprint density at radius 3 is 2.34 bits per heavy atom. The van der Waals surface area contributed by atoms with Gasteiger partial charge in [0.1, 0.15) is 5.75 Å². The van der Waals surface area contributed by atoms with Gasteiger partial charge in [-0.3, -0.25) is 0 Å². The highest BCUT2D eigenvalue weighted by Crippen LogP contribution is 2.54. The molecule has 2 aliphatic heterocycles. The van der Waals surface area contributed by atoms with Crippen LogP contribution in [0.4, 0.5) is 17.1 Å². The van der Waals surface area contributed by atoms with Crippen molar-refractivity contribution in [1.29, 1.82) is 0 Å². The van der Waals surface area contributed by atoms with Crippen molar-refractivity contribution in [2.75, 3.05) is 11.9 Å². The number of azo groups is 1. The molecule has 2 aliphatic rings. The fourth-order valence-electron chi connectivity index (χ4n) is 4.44. The SMILES string of the molecule is CN1c2ccccc2C(C)(C)C12C=Cc1cc(/N=N/c3ccccc3)ccc1O2. The summed E-state index contributed by atoms with van der Waals surface area (Å²) < 4.78 is 6.68. The second kappa shape index (κ2) is 6.31. The number of benzene rings is 3. The molecule has 2 heterocycles. The van der Waals surface area contributed by atoms with Crippen molar-refractivity contribution >= 4 is 23.1 Å². The Hall–Kier alpha value is -3.40. The fourth-order valence-corrected chi connectivity index (χ4v) is 4.44. The van der Waals surface area contributed by atoms with E-state index < -0.39 is 5.72 Å². The number of anilines is 1. The predicted octanol–water partition coefficient (Wildman–Crippen LogP) is 6.63. The molecule has 0 bridgehead atoms. The number of nitrogens with zero attached hydrogens (tertiary/aromatic N) is 3. The second-order valence-corrected chi connectivity index (χ2v) is 8.09. The van der Waals surface area contributed by atoms with Crippen LogP contribution in [-0.4, -0.2) is 12.8 Å². The summed E-state index contributed by atoms with van der Waals surface area (Å²) in [7, 11) is 2.10. The largest absolute Gasteiger partial charge is 0.463 e. The lowest BCUT2D eigenvalue weighted by molar-refractivity contribution is 0.0582. The van der Waals surface area contributed by atoms with Gasteiger partial charge in [-0.1, -0.05) is 36.4 Å². The highest BCUT2D eigenvalue weighted by Gasteiger charge is 2.57. The molecule has 1 atom stereocenters. The summed E-state index contributed by atoms with van der Waals surface area (Å²) in [6.45, 7) is 4.49. The number of hydrogen-bond acceptors (Lipinski definition) is 4. The van der Waals surface area contributed by atoms with Crippen molar-refractivity contribution in [2.24, 2.45) is 10.2 Å². The van der Waals surface area contributed by atoms with Gasteiger partial charge in [-0.05, 0) is 68.0 Å². The molecule has 4 heteroatoms. The quantitative estimate of drug-likeness (QED) is 0.467. The van der Waals surface area contributed by atoms with Gasteiger partial charge in [0.15, 0.2) is 0 Å². The zero-order valence-electron chi connectivity index (χ0n) is 16.8. The first-order chi connectivity index (χ1) is 14.0. The van der Waals surface area contributed by atoms with E-state index in [1.165, 1.54) is 11.3 Å². The number of ether oxygens (including phenoxy) is 1. The minimum absolute atomic E-state index is 0.196. The molecule has 0 aliphatic carbocycles. The first-order valence-electron chi connectivity index (χ1n) is 9.84. The molecular formula is C25H23N3O. The lowest BCUT2D eigenvalue weighted by Gasteiger charge is -2.45. The Kier molecular flexibility index (Phi) is 3.85. The summed E-state index contributed by atoms with van der Waals surface area (Å²) in [4.78, 5) is 2.24. The third-order valence-electron chi connectivity index (χ3n) is 6.12. The van der Waals surface area contributed by atoms with Crippen molar-refractivity contribution in [3.63, 3.8) is 0 Å². The third kappa shape index (κ3) is 2.59. The van der Waals surface area contributed by atoms with E-state index >= 15 is 0 Å². The van der Waals surface area contributed by atoms with E-state index in [4.69, 9.17) is 4.74 Å². The first-order valence-corrected chi connectivity index (χ1v) is 9.84. The van der Waals surface area contributed by atoms with Gasteiger partial charge in [-0.15, -0.1) is 0 Å². The monoisotopic (exact) mass is 381 g/mol. The highest BCUT2D eigenvalue weighted by molar-refractivity contribution is 5.73. The maximum absolute atomic E-state index is 6.68. The van der Waals surface area contributed by atoms with Gasteiger partial charge in [-0.25, -0.2) is 0 Å². The molecule has 4 nitrogen and oxygen atoms in total. The smallest absolute Gasteiger partial charge is 0.211 e. The molecule has 5 rings (SSSR count). The maximum atomic E-state index is 6.68. The molecular weight excluding hydrogens is 358 g/mol. The van der Waals surface area contributed by atoms with Crippen molar-refractivity contribution in [1.82, 2.24) is 0 Å². The second-order valence-electron chi connectivity index (χ2n) is 8.09. The topological polar surface area (TPSA) is 37.2 Å². The van der Waals surface area contributed by atoms with E-state index in [0.29, 0.717) is 0 Å². The predicted molar refractivity (Wildman–Crippen MR) is 117 cm³/mol. The molecule has 0 amide bonds. The maximum Gasteiger partial charge on any atom is 0.211 e. The number of para-hydroxylation sites is 1. The number of rotatable bonds is 2. The molecule has 0 saturated heterocycles. The van der Waals surface area contributed by atoms with E-state index in [2.05, 4.69) is 72.4 Å². The van der Waals surface area contributed by atoms with Crippen LogP contribution in [0.15, 0.2) is 89.1 Å². The molecule has 1 spiro atoms. The highest BCUT2D eigenvalue weighted by atomic mass is 16.5. The van der Waals surface area contributed by atoms with Crippen LogP contribution in [0.25, 0.3) is 6.08 Å². The Bertz CT molecular complexity index is 1130. The van der Waals surface area contributed by atoms with Gasteiger partial charge < -0.3 is 9.64 Å². The van der Waals surface area contributed by atoms with Crippen LogP contribution >= 0.6 is 0 Å². The molecule has 144 valence electrons. The number of fused-ring (bicyclic) bond motifs is 2. The summed E-state index contributed by atoms with van der Waals surface area (Å²) in [6.07, 6.45) is 4.32.